The number of carbonyl (C=O) groups excluding carboxylic acids is 5. The summed E-state index contributed by atoms with van der Waals surface area (Å²) >= 11 is 0. The SMILES string of the molecule is CC.CCC/C=C\C=C/c1c(N2CCN(C=O)CC2C)ccc(C#N)c1C.CCCCCCC(CCC)CN(CCC)CCC.CCCCc1ccc(C(=O)C(C)CC)c(C=O)c1.CNC(=O)C(C)CCC=O.CNc1ccc(C)c(F)c1. The molecule has 4 rings (SSSR count). The van der Waals surface area contributed by atoms with E-state index in [1.165, 1.54) is 83.5 Å². The van der Waals surface area contributed by atoms with Crippen LogP contribution in [0.1, 0.15) is 234 Å². The molecule has 2 amide bonds. The Bertz CT molecular complexity index is 2320. The first kappa shape index (κ1) is 79.1. The van der Waals surface area contributed by atoms with Gasteiger partial charge < -0.3 is 30.1 Å². The predicted molar refractivity (Wildman–Crippen MR) is 352 cm³/mol. The van der Waals surface area contributed by atoms with Gasteiger partial charge in [-0.05, 0) is 145 Å². The quantitative estimate of drug-likeness (QED) is 0.0279. The van der Waals surface area contributed by atoms with E-state index in [0.29, 0.717) is 35.1 Å². The number of nitrogens with zero attached hydrogens (tertiary/aromatic N) is 4. The molecule has 0 radical (unpaired) electrons. The van der Waals surface area contributed by atoms with Crippen molar-refractivity contribution in [3.63, 3.8) is 0 Å². The zero-order chi connectivity index (χ0) is 63.0. The number of hydrogen-bond acceptors (Lipinski definition) is 9. The number of piperazine rings is 1. The Hall–Kier alpha value is -5.93. The van der Waals surface area contributed by atoms with E-state index < -0.39 is 0 Å². The molecule has 0 saturated carbocycles. The second kappa shape index (κ2) is 50.6. The molecule has 3 aromatic rings. The summed E-state index contributed by atoms with van der Waals surface area (Å²) in [6.45, 7) is 35.3. The highest BCUT2D eigenvalue weighted by Crippen LogP contribution is 2.31. The molecule has 1 aliphatic heterocycles. The molecule has 0 aliphatic carbocycles. The molecule has 11 nitrogen and oxygen atoms in total. The first-order valence-electron chi connectivity index (χ1n) is 31.8. The number of nitrogens with one attached hydrogen (secondary N) is 2. The molecule has 12 heteroatoms. The van der Waals surface area contributed by atoms with Gasteiger partial charge in [0.25, 0.3) is 0 Å². The van der Waals surface area contributed by atoms with E-state index in [9.17, 15) is 33.6 Å². The smallest absolute Gasteiger partial charge is 0.222 e. The van der Waals surface area contributed by atoms with E-state index in [-0.39, 0.29) is 35.4 Å². The molecule has 3 aromatic carbocycles. The fourth-order valence-electron chi connectivity index (χ4n) is 9.48. The molecular formula is C71H115FN6O5. The molecule has 1 fully saturated rings. The number of ketones is 1. The Morgan fingerprint density at radius 1 is 0.783 bits per heavy atom. The Balaban J connectivity index is 0. The zero-order valence-corrected chi connectivity index (χ0v) is 54.9. The Morgan fingerprint density at radius 2 is 1.47 bits per heavy atom. The lowest BCUT2D eigenvalue weighted by Crippen LogP contribution is -2.51. The molecule has 1 saturated heterocycles. The summed E-state index contributed by atoms with van der Waals surface area (Å²) in [5.74, 6) is 0.792. The first-order valence-corrected chi connectivity index (χ1v) is 31.8. The van der Waals surface area contributed by atoms with E-state index in [1.807, 2.05) is 82.8 Å². The number of hydrogen-bond donors (Lipinski definition) is 2. The number of Topliss-reactive ketones (excluding diaryl/α,β-unsaturated/α-hetero) is 1. The summed E-state index contributed by atoms with van der Waals surface area (Å²) < 4.78 is 12.7. The summed E-state index contributed by atoms with van der Waals surface area (Å²) in [5.41, 5.74) is 7.67. The molecule has 2 N–H and O–H groups in total. The van der Waals surface area contributed by atoms with Crippen LogP contribution in [0.25, 0.3) is 6.08 Å². The van der Waals surface area contributed by atoms with Crippen LogP contribution in [0.5, 0.6) is 0 Å². The fraction of sp³-hybridized carbons (Fsp3) is 0.606. The Labute approximate surface area is 505 Å². The number of unbranched alkanes of at least 4 members (excludes halogenated alkanes) is 5. The maximum absolute atomic E-state index is 12.7. The molecule has 466 valence electrons. The third-order valence-electron chi connectivity index (χ3n) is 14.7. The van der Waals surface area contributed by atoms with Crippen LogP contribution < -0.4 is 15.5 Å². The molecule has 4 unspecified atom stereocenters. The van der Waals surface area contributed by atoms with Crippen LogP contribution in [-0.2, 0) is 20.8 Å². The van der Waals surface area contributed by atoms with Crippen LogP contribution in [0.15, 0.2) is 66.8 Å². The van der Waals surface area contributed by atoms with E-state index in [0.717, 1.165) is 111 Å². The van der Waals surface area contributed by atoms with Gasteiger partial charge in [0.2, 0.25) is 12.3 Å². The van der Waals surface area contributed by atoms with Gasteiger partial charge in [-0.2, -0.15) is 5.26 Å². The first-order chi connectivity index (χ1) is 40.0. The van der Waals surface area contributed by atoms with Crippen LogP contribution in [0, 0.1) is 48.7 Å². The summed E-state index contributed by atoms with van der Waals surface area (Å²) in [6, 6.07) is 17.2. The van der Waals surface area contributed by atoms with Crippen molar-refractivity contribution in [1.29, 1.82) is 5.26 Å². The van der Waals surface area contributed by atoms with Crippen LogP contribution >= 0.6 is 0 Å². The molecule has 4 atom stereocenters. The average molecular weight is 1150 g/mol. The number of rotatable bonds is 31. The molecule has 1 aliphatic rings. The standard InChI is InChI=1S/C21H27N3O.C17H37N.C16H22O2.C8H10FN.C7H13NO2.C2H6/c1-4-5-6-7-8-9-20-18(3)19(14-22)10-11-21(20)24-13-12-23(16-25)15-17(24)2;1-5-9-10-11-13-17(12-6-2)16-18(14-7-3)15-8-4;1-4-6-7-13-8-9-15(14(10-13)11-17)16(18)12(3)5-2;1-6-3-4-7(10-2)5-8(6)9;1-6(4-3-5-9)7(10)8-2;1-2/h6-11,16-17H,4-5,12-13,15H2,1-3H3;17H,5-16H2,1-4H3;8-12H,4-7H2,1-3H3;3-5,10H,1-2H3;5-6H,3-4H2,1-2H3,(H,8,10);1-2H3/b7-6-,9-8-;;;;;. The van der Waals surface area contributed by atoms with Crippen LogP contribution in [0.3, 0.4) is 0 Å². The number of anilines is 2. The number of halogens is 1. The van der Waals surface area contributed by atoms with Gasteiger partial charge in [0, 0.05) is 92.6 Å². The van der Waals surface area contributed by atoms with E-state index >= 15 is 0 Å². The van der Waals surface area contributed by atoms with Crippen molar-refractivity contribution in [2.75, 3.05) is 63.6 Å². The minimum absolute atomic E-state index is 0.00171. The van der Waals surface area contributed by atoms with Gasteiger partial charge in [-0.1, -0.05) is 164 Å². The van der Waals surface area contributed by atoms with Crippen molar-refractivity contribution in [3.05, 3.63) is 112 Å². The van der Waals surface area contributed by atoms with Crippen molar-refractivity contribution in [2.45, 2.75) is 212 Å². The second-order valence-corrected chi connectivity index (χ2v) is 21.6. The summed E-state index contributed by atoms with van der Waals surface area (Å²) in [5, 5.41) is 14.7. The van der Waals surface area contributed by atoms with E-state index in [1.54, 1.807) is 27.1 Å². The second-order valence-electron chi connectivity index (χ2n) is 21.6. The van der Waals surface area contributed by atoms with Gasteiger partial charge in [0.15, 0.2) is 12.1 Å². The lowest BCUT2D eigenvalue weighted by molar-refractivity contribution is -0.124. The minimum Gasteiger partial charge on any atom is -0.388 e. The Morgan fingerprint density at radius 3 is 2.00 bits per heavy atom. The molecule has 0 aromatic heterocycles. The number of nitriles is 1. The molecule has 0 bridgehead atoms. The minimum atomic E-state index is -0.160. The van der Waals surface area contributed by atoms with Crippen LogP contribution in [0.4, 0.5) is 15.8 Å². The maximum atomic E-state index is 12.7. The zero-order valence-electron chi connectivity index (χ0n) is 54.9. The third kappa shape index (κ3) is 33.2. The van der Waals surface area contributed by atoms with Crippen LogP contribution in [0.2, 0.25) is 0 Å². The predicted octanol–water partition coefficient (Wildman–Crippen LogP) is 17.0. The topological polar surface area (TPSA) is 143 Å². The summed E-state index contributed by atoms with van der Waals surface area (Å²) in [6.07, 6.45) is 30.8. The van der Waals surface area contributed by atoms with E-state index in [4.69, 9.17) is 0 Å². The highest BCUT2D eigenvalue weighted by atomic mass is 19.1. The van der Waals surface area contributed by atoms with Gasteiger partial charge in [-0.15, -0.1) is 0 Å². The molecular weight excluding hydrogens is 1040 g/mol. The highest BCUT2D eigenvalue weighted by molar-refractivity contribution is 6.04. The highest BCUT2D eigenvalue weighted by Gasteiger charge is 2.25. The van der Waals surface area contributed by atoms with Crippen LogP contribution in [-0.4, -0.2) is 99.9 Å². The van der Waals surface area contributed by atoms with Gasteiger partial charge in [0.05, 0.1) is 11.6 Å². The van der Waals surface area contributed by atoms with Gasteiger partial charge in [0.1, 0.15) is 12.1 Å². The number of carbonyl (C=O) groups is 5. The number of benzene rings is 3. The van der Waals surface area contributed by atoms with E-state index in [2.05, 4.69) is 99.3 Å². The lowest BCUT2D eigenvalue weighted by atomic mass is 9.92. The monoisotopic (exact) mass is 1150 g/mol. The van der Waals surface area contributed by atoms with Crippen molar-refractivity contribution in [1.82, 2.24) is 15.1 Å². The molecule has 0 spiro atoms. The fourth-order valence-corrected chi connectivity index (χ4v) is 9.48. The van der Waals surface area contributed by atoms with Gasteiger partial charge in [-0.3, -0.25) is 19.2 Å². The average Bonchev–Trinajstić information content (AvgIpc) is 3.51. The van der Waals surface area contributed by atoms with Crippen molar-refractivity contribution in [3.8, 4) is 6.07 Å². The summed E-state index contributed by atoms with van der Waals surface area (Å²) in [4.78, 5) is 61.8. The maximum Gasteiger partial charge on any atom is 0.222 e. The van der Waals surface area contributed by atoms with Gasteiger partial charge >= 0.3 is 0 Å². The van der Waals surface area contributed by atoms with Gasteiger partial charge in [-0.25, -0.2) is 4.39 Å². The third-order valence-corrected chi connectivity index (χ3v) is 14.7. The van der Waals surface area contributed by atoms with Crippen molar-refractivity contribution < 1.29 is 28.4 Å². The number of aldehydes is 2. The molecule has 83 heavy (non-hydrogen) atoms. The number of amides is 2. The number of aryl methyl sites for hydroxylation is 2. The molecule has 1 heterocycles. The lowest BCUT2D eigenvalue weighted by Gasteiger charge is -2.40. The number of allylic oxidation sites excluding steroid dienone is 3. The summed E-state index contributed by atoms with van der Waals surface area (Å²) in [7, 11) is 3.36. The Kier molecular flexibility index (Phi) is 48.2. The van der Waals surface area contributed by atoms with Crippen molar-refractivity contribution >= 4 is 48.1 Å². The van der Waals surface area contributed by atoms with Crippen molar-refractivity contribution in [2.24, 2.45) is 17.8 Å². The normalized spacial score (nSPS) is 13.6. The largest absolute Gasteiger partial charge is 0.388 e.